The van der Waals surface area contributed by atoms with Crippen molar-refractivity contribution < 1.29 is 28.4 Å². The van der Waals surface area contributed by atoms with Gasteiger partial charge in [-0.2, -0.15) is 0 Å². The number of imide groups is 2. The Morgan fingerprint density at radius 1 is 0.943 bits per heavy atom. The summed E-state index contributed by atoms with van der Waals surface area (Å²) in [7, 11) is 0. The van der Waals surface area contributed by atoms with E-state index < -0.39 is 42.0 Å². The van der Waals surface area contributed by atoms with Gasteiger partial charge in [-0.25, -0.2) is 14.1 Å². The van der Waals surface area contributed by atoms with Crippen LogP contribution in [0.4, 0.5) is 20.6 Å². The Morgan fingerprint density at radius 3 is 2.34 bits per heavy atom. The average Bonchev–Trinajstić information content (AvgIpc) is 3.04. The summed E-state index contributed by atoms with van der Waals surface area (Å²) in [6.45, 7) is 1.28. The zero-order valence-electron chi connectivity index (χ0n) is 19.1. The normalized spacial score (nSPS) is 20.2. The Balaban J connectivity index is 1.44. The lowest BCUT2D eigenvalue weighted by molar-refractivity contribution is -0.145. The number of nitrogens with one attached hydrogen (secondary N) is 2. The first-order valence-corrected chi connectivity index (χ1v) is 11.4. The Morgan fingerprint density at radius 2 is 1.63 bits per heavy atom. The molecule has 35 heavy (non-hydrogen) atoms. The summed E-state index contributed by atoms with van der Waals surface area (Å²) in [6.07, 6.45) is 3.34. The smallest absolute Gasteiger partial charge is 0.324 e. The molecule has 0 aromatic heterocycles. The number of hydrogen-bond donors (Lipinski definition) is 2. The maximum Gasteiger partial charge on any atom is 0.334 e. The molecule has 182 valence electrons. The summed E-state index contributed by atoms with van der Waals surface area (Å²) < 4.78 is 13.1. The van der Waals surface area contributed by atoms with Crippen LogP contribution in [0.3, 0.4) is 0 Å². The molecule has 1 heterocycles. The van der Waals surface area contributed by atoms with Gasteiger partial charge in [-0.1, -0.05) is 31.9 Å². The SMILES string of the molecule is C[C@@H]1CCCC[C@@H]1N1C(=O)C(=O)N(CC(=O)Nc2ccccc2C(=O)Nc2ccc(F)cc2)C1=O. The number of urea groups is 1. The lowest BCUT2D eigenvalue weighted by Crippen LogP contribution is -2.46. The molecule has 0 unspecified atom stereocenters. The molecule has 1 aliphatic heterocycles. The number of anilines is 2. The molecule has 1 saturated heterocycles. The molecule has 0 radical (unpaired) electrons. The maximum atomic E-state index is 13.1. The summed E-state index contributed by atoms with van der Waals surface area (Å²) in [6, 6.07) is 10.2. The molecule has 2 aliphatic rings. The molecule has 2 aromatic carbocycles. The zero-order chi connectivity index (χ0) is 25.1. The van der Waals surface area contributed by atoms with Gasteiger partial charge < -0.3 is 10.6 Å². The van der Waals surface area contributed by atoms with Gasteiger partial charge in [0.25, 0.3) is 5.91 Å². The highest BCUT2D eigenvalue weighted by Gasteiger charge is 2.49. The van der Waals surface area contributed by atoms with E-state index in [1.54, 1.807) is 12.1 Å². The molecule has 0 spiro atoms. The van der Waals surface area contributed by atoms with Gasteiger partial charge in [0.15, 0.2) is 0 Å². The van der Waals surface area contributed by atoms with Crippen LogP contribution in [0.2, 0.25) is 0 Å². The van der Waals surface area contributed by atoms with E-state index in [0.717, 1.165) is 24.2 Å². The van der Waals surface area contributed by atoms with Crippen molar-refractivity contribution in [1.82, 2.24) is 9.80 Å². The first kappa shape index (κ1) is 24.1. The second kappa shape index (κ2) is 10.0. The number of nitrogens with zero attached hydrogens (tertiary/aromatic N) is 2. The minimum atomic E-state index is -1.04. The molecule has 6 amide bonds. The average molecular weight is 480 g/mol. The van der Waals surface area contributed by atoms with Gasteiger partial charge in [0.2, 0.25) is 5.91 Å². The van der Waals surface area contributed by atoms with Crippen molar-refractivity contribution in [3.05, 3.63) is 59.9 Å². The summed E-state index contributed by atoms with van der Waals surface area (Å²) in [5.74, 6) is -3.61. The number of halogens is 1. The van der Waals surface area contributed by atoms with Crippen molar-refractivity contribution in [3.8, 4) is 0 Å². The van der Waals surface area contributed by atoms with Gasteiger partial charge in [-0.05, 0) is 55.2 Å². The summed E-state index contributed by atoms with van der Waals surface area (Å²) in [5.41, 5.74) is 0.639. The lowest BCUT2D eigenvalue weighted by Gasteiger charge is -2.34. The number of carbonyl (C=O) groups excluding carboxylic acids is 5. The van der Waals surface area contributed by atoms with E-state index in [9.17, 15) is 28.4 Å². The zero-order valence-corrected chi connectivity index (χ0v) is 19.1. The lowest BCUT2D eigenvalue weighted by atomic mass is 9.85. The summed E-state index contributed by atoms with van der Waals surface area (Å²) in [4.78, 5) is 65.0. The molecule has 2 N–H and O–H groups in total. The fourth-order valence-corrected chi connectivity index (χ4v) is 4.49. The molecule has 2 atom stereocenters. The van der Waals surface area contributed by atoms with Gasteiger partial charge >= 0.3 is 17.8 Å². The number of amides is 6. The monoisotopic (exact) mass is 480 g/mol. The van der Waals surface area contributed by atoms with E-state index in [4.69, 9.17) is 0 Å². The number of hydrogen-bond acceptors (Lipinski definition) is 5. The largest absolute Gasteiger partial charge is 0.334 e. The topological polar surface area (TPSA) is 116 Å². The highest BCUT2D eigenvalue weighted by Crippen LogP contribution is 2.31. The molecular formula is C25H25FN4O5. The Kier molecular flexibility index (Phi) is 6.90. The molecule has 2 fully saturated rings. The first-order valence-electron chi connectivity index (χ1n) is 11.4. The van der Waals surface area contributed by atoms with Crippen LogP contribution in [0.5, 0.6) is 0 Å². The van der Waals surface area contributed by atoms with E-state index in [2.05, 4.69) is 10.6 Å². The minimum Gasteiger partial charge on any atom is -0.324 e. The van der Waals surface area contributed by atoms with Crippen LogP contribution in [0.25, 0.3) is 0 Å². The fourth-order valence-electron chi connectivity index (χ4n) is 4.49. The number of rotatable bonds is 6. The minimum absolute atomic E-state index is 0.0738. The predicted molar refractivity (Wildman–Crippen MR) is 125 cm³/mol. The second-order valence-corrected chi connectivity index (χ2v) is 8.73. The van der Waals surface area contributed by atoms with Crippen molar-refractivity contribution in [2.45, 2.75) is 38.6 Å². The molecule has 2 aromatic rings. The van der Waals surface area contributed by atoms with Crippen LogP contribution >= 0.6 is 0 Å². The quantitative estimate of drug-likeness (QED) is 0.486. The predicted octanol–water partition coefficient (Wildman–Crippen LogP) is 3.39. The standard InChI is InChI=1S/C25H25FN4O5/c1-15-6-2-5-9-20(15)30-24(34)23(33)29(25(30)35)14-21(31)28-19-8-4-3-7-18(19)22(32)27-17-12-10-16(26)11-13-17/h3-4,7-8,10-13,15,20H,2,5-6,9,14H2,1H3,(H,27,32)(H,28,31)/t15-,20+/m1/s1. The number of benzene rings is 2. The van der Waals surface area contributed by atoms with E-state index >= 15 is 0 Å². The highest BCUT2D eigenvalue weighted by molar-refractivity contribution is 6.45. The van der Waals surface area contributed by atoms with Gasteiger partial charge in [0.1, 0.15) is 12.4 Å². The molecule has 9 nitrogen and oxygen atoms in total. The summed E-state index contributed by atoms with van der Waals surface area (Å²) in [5, 5.41) is 5.15. The van der Waals surface area contributed by atoms with E-state index in [0.29, 0.717) is 17.0 Å². The number of para-hydroxylation sites is 1. The van der Waals surface area contributed by atoms with Crippen LogP contribution in [0.15, 0.2) is 48.5 Å². The Bertz CT molecular complexity index is 1180. The highest BCUT2D eigenvalue weighted by atomic mass is 19.1. The van der Waals surface area contributed by atoms with Gasteiger partial charge in [0, 0.05) is 11.7 Å². The third kappa shape index (κ3) is 5.06. The third-order valence-electron chi connectivity index (χ3n) is 6.33. The Hall–Kier alpha value is -4.08. The third-order valence-corrected chi connectivity index (χ3v) is 6.33. The van der Waals surface area contributed by atoms with Crippen LogP contribution in [-0.2, 0) is 14.4 Å². The van der Waals surface area contributed by atoms with Gasteiger partial charge in [0.05, 0.1) is 11.3 Å². The second-order valence-electron chi connectivity index (χ2n) is 8.73. The van der Waals surface area contributed by atoms with Crippen molar-refractivity contribution in [1.29, 1.82) is 0 Å². The van der Waals surface area contributed by atoms with Crippen LogP contribution in [0.1, 0.15) is 43.0 Å². The van der Waals surface area contributed by atoms with Crippen LogP contribution in [0, 0.1) is 11.7 Å². The molecule has 1 aliphatic carbocycles. The van der Waals surface area contributed by atoms with Crippen LogP contribution in [-0.4, -0.2) is 52.0 Å². The molecule has 0 bridgehead atoms. The molecular weight excluding hydrogens is 455 g/mol. The fraction of sp³-hybridized carbons (Fsp3) is 0.320. The first-order chi connectivity index (χ1) is 16.8. The van der Waals surface area contributed by atoms with E-state index in [1.165, 1.54) is 36.4 Å². The molecule has 4 rings (SSSR count). The molecule has 1 saturated carbocycles. The molecule has 10 heteroatoms. The van der Waals surface area contributed by atoms with Crippen LogP contribution < -0.4 is 10.6 Å². The van der Waals surface area contributed by atoms with Crippen molar-refractivity contribution in [3.63, 3.8) is 0 Å². The van der Waals surface area contributed by atoms with Gasteiger partial charge in [-0.3, -0.25) is 24.1 Å². The van der Waals surface area contributed by atoms with Gasteiger partial charge in [-0.15, -0.1) is 0 Å². The van der Waals surface area contributed by atoms with Crippen molar-refractivity contribution in [2.24, 2.45) is 5.92 Å². The number of carbonyl (C=O) groups is 5. The summed E-state index contributed by atoms with van der Waals surface area (Å²) >= 11 is 0. The Labute approximate surface area is 201 Å². The maximum absolute atomic E-state index is 13.1. The van der Waals surface area contributed by atoms with Crippen molar-refractivity contribution >= 4 is 41.0 Å². The van der Waals surface area contributed by atoms with E-state index in [1.807, 2.05) is 6.92 Å². The van der Waals surface area contributed by atoms with E-state index in [-0.39, 0.29) is 23.2 Å². The van der Waals surface area contributed by atoms with Crippen molar-refractivity contribution in [2.75, 3.05) is 17.2 Å².